The molecule has 110 valence electrons. The lowest BCUT2D eigenvalue weighted by molar-refractivity contribution is -0.185. The molecule has 0 radical (unpaired) electrons. The van der Waals surface area contributed by atoms with Gasteiger partial charge < -0.3 is 5.11 Å². The third kappa shape index (κ3) is 3.70. The van der Waals surface area contributed by atoms with Crippen LogP contribution in [0.3, 0.4) is 0 Å². The van der Waals surface area contributed by atoms with Crippen LogP contribution < -0.4 is 0 Å². The molecule has 0 spiro atoms. The summed E-state index contributed by atoms with van der Waals surface area (Å²) in [6.45, 7) is 0.637. The Labute approximate surface area is 130 Å². The van der Waals surface area contributed by atoms with E-state index >= 15 is 0 Å². The summed E-state index contributed by atoms with van der Waals surface area (Å²) in [5.74, 6) is -0.941. The first-order valence-electron chi connectivity index (χ1n) is 4.51. The van der Waals surface area contributed by atoms with Crippen LogP contribution in [0.1, 0.15) is 13.3 Å². The predicted octanol–water partition coefficient (Wildman–Crippen LogP) is 4.98. The van der Waals surface area contributed by atoms with Gasteiger partial charge in [-0.3, -0.25) is 0 Å². The molecule has 0 saturated heterocycles. The van der Waals surface area contributed by atoms with E-state index in [0.717, 1.165) is 0 Å². The van der Waals surface area contributed by atoms with Crippen LogP contribution in [0.4, 0.5) is 17.6 Å². The van der Waals surface area contributed by atoms with Crippen LogP contribution in [-0.2, 0) is 0 Å². The summed E-state index contributed by atoms with van der Waals surface area (Å²) in [5, 5.41) is 8.77. The topological polar surface area (TPSA) is 20.2 Å². The average molecular weight is 419 g/mol. The molecule has 1 nitrogen and oxygen atoms in total. The fourth-order valence-electron chi connectivity index (χ4n) is 1.19. The molecule has 0 aromatic rings. The summed E-state index contributed by atoms with van der Waals surface area (Å²) in [6.07, 6.45) is -6.16. The zero-order valence-corrected chi connectivity index (χ0v) is 13.5. The summed E-state index contributed by atoms with van der Waals surface area (Å²) < 4.78 is 46.6. The number of rotatable bonds is 4. The van der Waals surface area contributed by atoms with Gasteiger partial charge in [0.05, 0.1) is 0 Å². The van der Waals surface area contributed by atoms with Crippen molar-refractivity contribution in [1.29, 1.82) is 0 Å². The standard InChI is InChI=1S/C8H9BrCl4F4O/c1-4(3-18)2-5(10,8(15,16)17)6(9,14)7(11,12)13/h4,18H,2-3H2,1H3. The molecule has 0 aliphatic rings. The molecule has 0 aromatic heterocycles. The second kappa shape index (κ2) is 5.98. The van der Waals surface area contributed by atoms with Crippen LogP contribution in [0, 0.1) is 5.92 Å². The number of alkyl halides is 9. The molecule has 0 aliphatic heterocycles. The van der Waals surface area contributed by atoms with Gasteiger partial charge in [-0.2, -0.15) is 13.2 Å². The van der Waals surface area contributed by atoms with Crippen molar-refractivity contribution in [3.63, 3.8) is 0 Å². The molecule has 3 unspecified atom stereocenters. The van der Waals surface area contributed by atoms with Gasteiger partial charge in [-0.15, -0.1) is 11.6 Å². The highest BCUT2D eigenvalue weighted by molar-refractivity contribution is 9.10. The average Bonchev–Trinajstić information content (AvgIpc) is 2.13. The number of hydrogen-bond donors (Lipinski definition) is 1. The molecule has 3 atom stereocenters. The monoisotopic (exact) mass is 416 g/mol. The zero-order valence-electron chi connectivity index (χ0n) is 8.84. The lowest BCUT2D eigenvalue weighted by Gasteiger charge is -2.42. The van der Waals surface area contributed by atoms with E-state index in [1.165, 1.54) is 6.92 Å². The summed E-state index contributed by atoms with van der Waals surface area (Å²) in [5.41, 5.74) is 0. The van der Waals surface area contributed by atoms with Gasteiger partial charge in [-0.05, 0) is 28.3 Å². The van der Waals surface area contributed by atoms with Crippen LogP contribution in [0.2, 0.25) is 0 Å². The molecule has 0 saturated carbocycles. The predicted molar refractivity (Wildman–Crippen MR) is 68.6 cm³/mol. The van der Waals surface area contributed by atoms with Gasteiger partial charge in [0.1, 0.15) is 0 Å². The van der Waals surface area contributed by atoms with Crippen molar-refractivity contribution in [3.8, 4) is 0 Å². The molecule has 0 bridgehead atoms. The lowest BCUT2D eigenvalue weighted by Crippen LogP contribution is -2.60. The molecule has 0 rings (SSSR count). The van der Waals surface area contributed by atoms with E-state index in [4.69, 9.17) is 51.5 Å². The zero-order chi connectivity index (χ0) is 15.0. The summed E-state index contributed by atoms with van der Waals surface area (Å²) >= 11 is 23.1. The van der Waals surface area contributed by atoms with Gasteiger partial charge in [0, 0.05) is 6.61 Å². The fourth-order valence-corrected chi connectivity index (χ4v) is 2.61. The van der Waals surface area contributed by atoms with E-state index < -0.39 is 38.4 Å². The van der Waals surface area contributed by atoms with Crippen LogP contribution in [0.25, 0.3) is 0 Å². The minimum absolute atomic E-state index is 0.618. The van der Waals surface area contributed by atoms with Crippen molar-refractivity contribution in [2.75, 3.05) is 6.61 Å². The second-order valence-corrected chi connectivity index (χ2v) is 7.88. The first kappa shape index (κ1) is 19.3. The van der Waals surface area contributed by atoms with Crippen LogP contribution in [0.5, 0.6) is 0 Å². The minimum Gasteiger partial charge on any atom is -0.396 e. The van der Waals surface area contributed by atoms with Gasteiger partial charge in [-0.1, -0.05) is 41.7 Å². The van der Waals surface area contributed by atoms with Crippen LogP contribution in [0.15, 0.2) is 0 Å². The molecular formula is C8H9BrCl4F4O. The maximum Gasteiger partial charge on any atom is 0.411 e. The Bertz CT molecular complexity index is 294. The number of aliphatic hydroxyl groups is 1. The number of halogens is 9. The molecule has 0 aliphatic carbocycles. The van der Waals surface area contributed by atoms with Crippen molar-refractivity contribution in [2.45, 2.75) is 32.8 Å². The quantitative estimate of drug-likeness (QED) is 0.504. The molecular weight excluding hydrogens is 410 g/mol. The highest BCUT2D eigenvalue weighted by atomic mass is 79.9. The fraction of sp³-hybridized carbons (Fsp3) is 1.00. The summed E-state index contributed by atoms with van der Waals surface area (Å²) in [4.78, 5) is -3.49. The third-order valence-electron chi connectivity index (χ3n) is 2.24. The SMILES string of the molecule is CC(CO)CC(Cl)(C(F)(F)F)C(F)(Br)C(Cl)(Cl)Cl. The Balaban J connectivity index is 5.64. The molecule has 0 amide bonds. The first-order chi connectivity index (χ1) is 7.70. The maximum absolute atomic E-state index is 14.2. The smallest absolute Gasteiger partial charge is 0.396 e. The normalized spacial score (nSPS) is 22.2. The first-order valence-corrected chi connectivity index (χ1v) is 6.82. The lowest BCUT2D eigenvalue weighted by atomic mass is 9.91. The number of hydrogen-bond acceptors (Lipinski definition) is 1. The van der Waals surface area contributed by atoms with Gasteiger partial charge >= 0.3 is 6.18 Å². The molecule has 0 fully saturated rings. The van der Waals surface area contributed by atoms with Crippen molar-refractivity contribution < 1.29 is 22.7 Å². The summed E-state index contributed by atoms with van der Waals surface area (Å²) in [6, 6.07) is 0. The van der Waals surface area contributed by atoms with E-state index in [9.17, 15) is 17.6 Å². The van der Waals surface area contributed by atoms with Crippen LogP contribution >= 0.6 is 62.3 Å². The molecule has 10 heteroatoms. The Morgan fingerprint density at radius 3 is 1.72 bits per heavy atom. The Hall–Kier alpha value is 1.32. The molecule has 1 N–H and O–H groups in total. The van der Waals surface area contributed by atoms with Gasteiger partial charge in [0.15, 0.2) is 4.87 Å². The Kier molecular flexibility index (Phi) is 6.42. The highest BCUT2D eigenvalue weighted by Crippen LogP contribution is 2.61. The van der Waals surface area contributed by atoms with Crippen molar-refractivity contribution in [2.24, 2.45) is 5.92 Å². The minimum atomic E-state index is -5.19. The molecule has 18 heavy (non-hydrogen) atoms. The number of aliphatic hydroxyl groups excluding tert-OH is 1. The van der Waals surface area contributed by atoms with E-state index in [2.05, 4.69) is 15.9 Å². The van der Waals surface area contributed by atoms with E-state index in [0.29, 0.717) is 0 Å². The van der Waals surface area contributed by atoms with Gasteiger partial charge in [-0.25, -0.2) is 4.39 Å². The van der Waals surface area contributed by atoms with Crippen molar-refractivity contribution in [3.05, 3.63) is 0 Å². The second-order valence-electron chi connectivity index (χ2n) is 3.86. The van der Waals surface area contributed by atoms with E-state index in [1.54, 1.807) is 0 Å². The van der Waals surface area contributed by atoms with E-state index in [-0.39, 0.29) is 0 Å². The van der Waals surface area contributed by atoms with Crippen molar-refractivity contribution >= 4 is 62.3 Å². The molecule has 0 aromatic carbocycles. The molecule has 0 heterocycles. The maximum atomic E-state index is 14.2. The summed E-state index contributed by atoms with van der Waals surface area (Å²) in [7, 11) is 0. The van der Waals surface area contributed by atoms with Crippen molar-refractivity contribution in [1.82, 2.24) is 0 Å². The van der Waals surface area contributed by atoms with Gasteiger partial charge in [0.25, 0.3) is 0 Å². The third-order valence-corrected chi connectivity index (χ3v) is 5.84. The van der Waals surface area contributed by atoms with Gasteiger partial charge in [0.2, 0.25) is 8.37 Å². The Morgan fingerprint density at radius 1 is 1.11 bits per heavy atom. The largest absolute Gasteiger partial charge is 0.411 e. The highest BCUT2D eigenvalue weighted by Gasteiger charge is 2.73. The Morgan fingerprint density at radius 2 is 1.50 bits per heavy atom. The van der Waals surface area contributed by atoms with Crippen LogP contribution in [-0.4, -0.2) is 31.1 Å². The van der Waals surface area contributed by atoms with E-state index in [1.807, 2.05) is 0 Å².